The van der Waals surface area contributed by atoms with Gasteiger partial charge in [0.2, 0.25) is 0 Å². The summed E-state index contributed by atoms with van der Waals surface area (Å²) in [5.74, 6) is 1.49. The molecule has 0 unspecified atom stereocenters. The third kappa shape index (κ3) is 2.49. The number of nitrogens with zero attached hydrogens (tertiary/aromatic N) is 2. The number of nitrogens with one attached hydrogen (secondary N) is 1. The van der Waals surface area contributed by atoms with Gasteiger partial charge in [0, 0.05) is 6.07 Å². The highest BCUT2D eigenvalue weighted by molar-refractivity contribution is 9.10. The zero-order valence-corrected chi connectivity index (χ0v) is 10.2. The highest BCUT2D eigenvalue weighted by Gasteiger charge is 2.02. The molecule has 0 aliphatic heterocycles. The van der Waals surface area contributed by atoms with Gasteiger partial charge >= 0.3 is 0 Å². The van der Waals surface area contributed by atoms with Gasteiger partial charge in [-0.2, -0.15) is 0 Å². The Morgan fingerprint density at radius 3 is 2.81 bits per heavy atom. The fourth-order valence-electron chi connectivity index (χ4n) is 1.29. The molecule has 0 fully saturated rings. The predicted octanol–water partition coefficient (Wildman–Crippen LogP) is 2.99. The largest absolute Gasteiger partial charge is 0.495 e. The molecule has 0 aliphatic rings. The van der Waals surface area contributed by atoms with E-state index in [1.165, 1.54) is 6.33 Å². The van der Waals surface area contributed by atoms with Crippen molar-refractivity contribution < 1.29 is 4.74 Å². The predicted molar refractivity (Wildman–Crippen MR) is 66.0 cm³/mol. The average Bonchev–Trinajstić information content (AvgIpc) is 2.30. The van der Waals surface area contributed by atoms with Gasteiger partial charge in [-0.05, 0) is 28.1 Å². The molecule has 0 atom stereocenters. The molecule has 4 nitrogen and oxygen atoms in total. The average molecular weight is 280 g/mol. The summed E-state index contributed by atoms with van der Waals surface area (Å²) in [4.78, 5) is 8.06. The summed E-state index contributed by atoms with van der Waals surface area (Å²) in [5, 5.41) is 3.16. The van der Waals surface area contributed by atoms with E-state index in [0.717, 1.165) is 16.0 Å². The molecule has 0 radical (unpaired) electrons. The van der Waals surface area contributed by atoms with Crippen LogP contribution in [0.3, 0.4) is 0 Å². The molecule has 1 aromatic heterocycles. The fraction of sp³-hybridized carbons (Fsp3) is 0.0909. The van der Waals surface area contributed by atoms with Gasteiger partial charge in [-0.3, -0.25) is 0 Å². The normalized spacial score (nSPS) is 9.88. The first-order valence-electron chi connectivity index (χ1n) is 4.67. The van der Waals surface area contributed by atoms with Crippen molar-refractivity contribution in [2.45, 2.75) is 0 Å². The van der Waals surface area contributed by atoms with E-state index in [1.807, 2.05) is 24.3 Å². The summed E-state index contributed by atoms with van der Waals surface area (Å²) in [6, 6.07) is 9.46. The molecular weight excluding hydrogens is 270 g/mol. The molecule has 0 spiro atoms. The molecular formula is C11H10BrN3O. The second-order valence-electron chi connectivity index (χ2n) is 3.05. The minimum absolute atomic E-state index is 0.714. The molecule has 16 heavy (non-hydrogen) atoms. The smallest absolute Gasteiger partial charge is 0.142 e. The van der Waals surface area contributed by atoms with Crippen molar-refractivity contribution in [1.82, 2.24) is 9.97 Å². The molecule has 82 valence electrons. The van der Waals surface area contributed by atoms with Crippen molar-refractivity contribution in [2.75, 3.05) is 12.4 Å². The van der Waals surface area contributed by atoms with Gasteiger partial charge in [-0.1, -0.05) is 12.1 Å². The van der Waals surface area contributed by atoms with Gasteiger partial charge in [0.25, 0.3) is 0 Å². The zero-order chi connectivity index (χ0) is 11.4. The first-order chi connectivity index (χ1) is 7.79. The molecule has 0 saturated heterocycles. The number of para-hydroxylation sites is 2. The Hall–Kier alpha value is -1.62. The van der Waals surface area contributed by atoms with Crippen molar-refractivity contribution in [2.24, 2.45) is 0 Å². The van der Waals surface area contributed by atoms with E-state index in [1.54, 1.807) is 13.2 Å². The van der Waals surface area contributed by atoms with Gasteiger partial charge < -0.3 is 10.1 Å². The molecule has 1 N–H and O–H groups in total. The maximum absolute atomic E-state index is 5.23. The van der Waals surface area contributed by atoms with Crippen LogP contribution in [0.4, 0.5) is 11.5 Å². The number of benzene rings is 1. The SMILES string of the molecule is COc1ccccc1Nc1cc(Br)ncn1. The maximum Gasteiger partial charge on any atom is 0.142 e. The number of halogens is 1. The summed E-state index contributed by atoms with van der Waals surface area (Å²) < 4.78 is 5.97. The lowest BCUT2D eigenvalue weighted by Crippen LogP contribution is -1.96. The summed E-state index contributed by atoms with van der Waals surface area (Å²) in [6.45, 7) is 0. The second-order valence-corrected chi connectivity index (χ2v) is 3.86. The Balaban J connectivity index is 2.26. The molecule has 1 heterocycles. The Bertz CT molecular complexity index is 490. The zero-order valence-electron chi connectivity index (χ0n) is 8.64. The number of rotatable bonds is 3. The van der Waals surface area contributed by atoms with E-state index in [4.69, 9.17) is 4.74 Å². The van der Waals surface area contributed by atoms with Gasteiger partial charge in [-0.15, -0.1) is 0 Å². The molecule has 2 rings (SSSR count). The number of anilines is 2. The number of ether oxygens (including phenoxy) is 1. The number of aromatic nitrogens is 2. The molecule has 1 aromatic carbocycles. The van der Waals surface area contributed by atoms with E-state index in [9.17, 15) is 0 Å². The molecule has 5 heteroatoms. The highest BCUT2D eigenvalue weighted by atomic mass is 79.9. The minimum atomic E-state index is 0.714. The fourth-order valence-corrected chi connectivity index (χ4v) is 1.60. The lowest BCUT2D eigenvalue weighted by Gasteiger charge is -2.09. The summed E-state index contributed by atoms with van der Waals surface area (Å²) >= 11 is 3.29. The van der Waals surface area contributed by atoms with Crippen LogP contribution in [0, 0.1) is 0 Å². The van der Waals surface area contributed by atoms with E-state index < -0.39 is 0 Å². The lowest BCUT2D eigenvalue weighted by molar-refractivity contribution is 0.417. The maximum atomic E-state index is 5.23. The molecule has 2 aromatic rings. The topological polar surface area (TPSA) is 47.0 Å². The summed E-state index contributed by atoms with van der Waals surface area (Å²) in [6.07, 6.45) is 1.49. The summed E-state index contributed by atoms with van der Waals surface area (Å²) in [7, 11) is 1.64. The van der Waals surface area contributed by atoms with Crippen LogP contribution >= 0.6 is 15.9 Å². The van der Waals surface area contributed by atoms with Crippen molar-refractivity contribution in [3.8, 4) is 5.75 Å². The van der Waals surface area contributed by atoms with Crippen LogP contribution in [0.25, 0.3) is 0 Å². The first-order valence-corrected chi connectivity index (χ1v) is 5.46. The van der Waals surface area contributed by atoms with Crippen LogP contribution in [-0.2, 0) is 0 Å². The van der Waals surface area contributed by atoms with Crippen molar-refractivity contribution >= 4 is 27.4 Å². The van der Waals surface area contributed by atoms with Crippen LogP contribution in [-0.4, -0.2) is 17.1 Å². The quantitative estimate of drug-likeness (QED) is 0.878. The molecule has 0 amide bonds. The van der Waals surface area contributed by atoms with Crippen LogP contribution in [0.5, 0.6) is 5.75 Å². The van der Waals surface area contributed by atoms with Gasteiger partial charge in [0.05, 0.1) is 12.8 Å². The van der Waals surface area contributed by atoms with Crippen LogP contribution in [0.15, 0.2) is 41.3 Å². The third-order valence-electron chi connectivity index (χ3n) is 2.00. The van der Waals surface area contributed by atoms with E-state index in [2.05, 4.69) is 31.2 Å². The van der Waals surface area contributed by atoms with Crippen molar-refractivity contribution in [3.63, 3.8) is 0 Å². The first kappa shape index (κ1) is 10.9. The van der Waals surface area contributed by atoms with E-state index in [-0.39, 0.29) is 0 Å². The standard InChI is InChI=1S/C11H10BrN3O/c1-16-9-5-3-2-4-8(9)15-11-6-10(12)13-7-14-11/h2-7H,1H3,(H,13,14,15). The van der Waals surface area contributed by atoms with E-state index >= 15 is 0 Å². The molecule has 0 saturated carbocycles. The monoisotopic (exact) mass is 279 g/mol. The Kier molecular flexibility index (Phi) is 3.36. The van der Waals surface area contributed by atoms with E-state index in [0.29, 0.717) is 5.82 Å². The second kappa shape index (κ2) is 4.94. The highest BCUT2D eigenvalue weighted by Crippen LogP contribution is 2.26. The molecule has 0 aliphatic carbocycles. The van der Waals surface area contributed by atoms with Crippen molar-refractivity contribution in [1.29, 1.82) is 0 Å². The van der Waals surface area contributed by atoms with Gasteiger partial charge in [0.1, 0.15) is 22.5 Å². The third-order valence-corrected chi connectivity index (χ3v) is 2.44. The Labute approximate surface area is 102 Å². The van der Waals surface area contributed by atoms with Gasteiger partial charge in [0.15, 0.2) is 0 Å². The number of hydrogen-bond donors (Lipinski definition) is 1. The lowest BCUT2D eigenvalue weighted by atomic mass is 10.3. The minimum Gasteiger partial charge on any atom is -0.495 e. The molecule has 0 bridgehead atoms. The Morgan fingerprint density at radius 1 is 1.25 bits per heavy atom. The number of methoxy groups -OCH3 is 1. The van der Waals surface area contributed by atoms with Gasteiger partial charge in [-0.25, -0.2) is 9.97 Å². The van der Waals surface area contributed by atoms with Crippen LogP contribution < -0.4 is 10.1 Å². The Morgan fingerprint density at radius 2 is 2.06 bits per heavy atom. The van der Waals surface area contributed by atoms with Crippen LogP contribution in [0.1, 0.15) is 0 Å². The number of hydrogen-bond acceptors (Lipinski definition) is 4. The van der Waals surface area contributed by atoms with Crippen molar-refractivity contribution in [3.05, 3.63) is 41.3 Å². The van der Waals surface area contributed by atoms with Crippen LogP contribution in [0.2, 0.25) is 0 Å². The summed E-state index contributed by atoms with van der Waals surface area (Å²) in [5.41, 5.74) is 0.871.